The van der Waals surface area contributed by atoms with E-state index in [9.17, 15) is 4.79 Å². The second-order valence-electron chi connectivity index (χ2n) is 4.39. The number of aromatic nitrogens is 2. The molecule has 1 aliphatic heterocycles. The van der Waals surface area contributed by atoms with Crippen molar-refractivity contribution in [2.45, 2.75) is 19.9 Å². The Bertz CT molecular complexity index is 369. The SMILES string of the molecule is Cc1nccn1CCN1CC(CC(=O)O)C1. The molecule has 1 aromatic heterocycles. The van der Waals surface area contributed by atoms with Gasteiger partial charge in [0.05, 0.1) is 6.42 Å². The van der Waals surface area contributed by atoms with Crippen LogP contribution < -0.4 is 0 Å². The van der Waals surface area contributed by atoms with Crippen LogP contribution in [-0.4, -0.2) is 45.2 Å². The van der Waals surface area contributed by atoms with Crippen molar-refractivity contribution in [2.75, 3.05) is 19.6 Å². The van der Waals surface area contributed by atoms with Gasteiger partial charge < -0.3 is 14.6 Å². The number of hydrogen-bond acceptors (Lipinski definition) is 3. The summed E-state index contributed by atoms with van der Waals surface area (Å²) >= 11 is 0. The van der Waals surface area contributed by atoms with E-state index in [1.807, 2.05) is 13.1 Å². The minimum Gasteiger partial charge on any atom is -0.481 e. The van der Waals surface area contributed by atoms with Crippen LogP contribution in [0.4, 0.5) is 0 Å². The molecule has 0 radical (unpaired) electrons. The molecule has 0 aliphatic carbocycles. The highest BCUT2D eigenvalue weighted by Crippen LogP contribution is 2.18. The van der Waals surface area contributed by atoms with E-state index in [4.69, 9.17) is 5.11 Å². The average Bonchev–Trinajstić information content (AvgIpc) is 2.55. The maximum atomic E-state index is 10.5. The number of rotatable bonds is 5. The molecule has 0 spiro atoms. The Morgan fingerprint density at radius 3 is 2.88 bits per heavy atom. The fraction of sp³-hybridized carbons (Fsp3) is 0.636. The molecule has 5 heteroatoms. The highest BCUT2D eigenvalue weighted by atomic mass is 16.4. The summed E-state index contributed by atoms with van der Waals surface area (Å²) in [6.45, 7) is 5.74. The van der Waals surface area contributed by atoms with Crippen LogP contribution in [0.2, 0.25) is 0 Å². The number of aryl methyl sites for hydroxylation is 1. The van der Waals surface area contributed by atoms with Crippen molar-refractivity contribution in [1.82, 2.24) is 14.5 Å². The maximum Gasteiger partial charge on any atom is 0.303 e. The number of aliphatic carboxylic acids is 1. The number of carbonyl (C=O) groups is 1. The lowest BCUT2D eigenvalue weighted by molar-refractivity contribution is -0.139. The smallest absolute Gasteiger partial charge is 0.303 e. The van der Waals surface area contributed by atoms with Crippen LogP contribution >= 0.6 is 0 Å². The van der Waals surface area contributed by atoms with E-state index in [-0.39, 0.29) is 0 Å². The Morgan fingerprint density at radius 1 is 1.56 bits per heavy atom. The van der Waals surface area contributed by atoms with Crippen LogP contribution in [0.3, 0.4) is 0 Å². The summed E-state index contributed by atoms with van der Waals surface area (Å²) in [5.41, 5.74) is 0. The molecule has 16 heavy (non-hydrogen) atoms. The first-order chi connectivity index (χ1) is 7.65. The predicted octanol–water partition coefficient (Wildman–Crippen LogP) is 0.598. The van der Waals surface area contributed by atoms with Gasteiger partial charge in [-0.15, -0.1) is 0 Å². The van der Waals surface area contributed by atoms with Crippen molar-refractivity contribution in [3.63, 3.8) is 0 Å². The van der Waals surface area contributed by atoms with E-state index in [0.29, 0.717) is 12.3 Å². The van der Waals surface area contributed by atoms with Gasteiger partial charge in [-0.25, -0.2) is 4.98 Å². The van der Waals surface area contributed by atoms with Crippen LogP contribution in [0, 0.1) is 12.8 Å². The molecule has 5 nitrogen and oxygen atoms in total. The third kappa shape index (κ3) is 2.61. The van der Waals surface area contributed by atoms with Crippen molar-refractivity contribution >= 4 is 5.97 Å². The monoisotopic (exact) mass is 223 g/mol. The second kappa shape index (κ2) is 4.65. The zero-order chi connectivity index (χ0) is 11.5. The highest BCUT2D eigenvalue weighted by Gasteiger charge is 2.27. The van der Waals surface area contributed by atoms with E-state index in [0.717, 1.165) is 32.0 Å². The minimum atomic E-state index is -0.685. The minimum absolute atomic E-state index is 0.306. The van der Waals surface area contributed by atoms with Gasteiger partial charge in [0.15, 0.2) is 0 Å². The largest absolute Gasteiger partial charge is 0.481 e. The molecular weight excluding hydrogens is 206 g/mol. The third-order valence-corrected chi connectivity index (χ3v) is 3.08. The van der Waals surface area contributed by atoms with Gasteiger partial charge in [-0.3, -0.25) is 4.79 Å². The van der Waals surface area contributed by atoms with E-state index in [2.05, 4.69) is 14.5 Å². The Labute approximate surface area is 94.7 Å². The molecule has 1 fully saturated rings. The molecule has 0 bridgehead atoms. The quantitative estimate of drug-likeness (QED) is 0.794. The van der Waals surface area contributed by atoms with E-state index >= 15 is 0 Å². The number of likely N-dealkylation sites (tertiary alicyclic amines) is 1. The molecule has 0 aromatic carbocycles. The fourth-order valence-corrected chi connectivity index (χ4v) is 2.12. The zero-order valence-corrected chi connectivity index (χ0v) is 9.46. The van der Waals surface area contributed by atoms with Gasteiger partial charge in [-0.2, -0.15) is 0 Å². The summed E-state index contributed by atoms with van der Waals surface area (Å²) in [7, 11) is 0. The molecule has 0 saturated carbocycles. The van der Waals surface area contributed by atoms with Crippen LogP contribution in [0.25, 0.3) is 0 Å². The number of carboxylic acid groups (broad SMARTS) is 1. The Morgan fingerprint density at radius 2 is 2.31 bits per heavy atom. The number of nitrogens with zero attached hydrogens (tertiary/aromatic N) is 3. The van der Waals surface area contributed by atoms with Crippen molar-refractivity contribution in [3.05, 3.63) is 18.2 Å². The predicted molar refractivity (Wildman–Crippen MR) is 59.1 cm³/mol. The Hall–Kier alpha value is -1.36. The molecular formula is C11H17N3O2. The molecule has 1 aromatic rings. The van der Waals surface area contributed by atoms with Gasteiger partial charge >= 0.3 is 5.97 Å². The van der Waals surface area contributed by atoms with Crippen LogP contribution in [0.15, 0.2) is 12.4 Å². The molecule has 2 heterocycles. The van der Waals surface area contributed by atoms with Crippen LogP contribution in [0.1, 0.15) is 12.2 Å². The lowest BCUT2D eigenvalue weighted by Crippen LogP contribution is -2.48. The van der Waals surface area contributed by atoms with Crippen molar-refractivity contribution in [2.24, 2.45) is 5.92 Å². The first-order valence-electron chi connectivity index (χ1n) is 5.57. The number of carboxylic acids is 1. The first-order valence-corrected chi connectivity index (χ1v) is 5.57. The van der Waals surface area contributed by atoms with Gasteiger partial charge in [0.1, 0.15) is 5.82 Å². The fourth-order valence-electron chi connectivity index (χ4n) is 2.12. The highest BCUT2D eigenvalue weighted by molar-refractivity contribution is 5.67. The molecule has 1 aliphatic rings. The summed E-state index contributed by atoms with van der Waals surface area (Å²) in [4.78, 5) is 16.9. The molecule has 0 unspecified atom stereocenters. The number of imidazole rings is 1. The first kappa shape index (κ1) is 11.1. The number of hydrogen-bond donors (Lipinski definition) is 1. The zero-order valence-electron chi connectivity index (χ0n) is 9.46. The molecule has 1 N–H and O–H groups in total. The van der Waals surface area contributed by atoms with Gasteiger partial charge in [0.2, 0.25) is 0 Å². The van der Waals surface area contributed by atoms with Crippen molar-refractivity contribution in [3.8, 4) is 0 Å². The van der Waals surface area contributed by atoms with Gasteiger partial charge in [-0.05, 0) is 12.8 Å². The van der Waals surface area contributed by atoms with Crippen LogP contribution in [-0.2, 0) is 11.3 Å². The van der Waals surface area contributed by atoms with E-state index in [1.54, 1.807) is 6.20 Å². The average molecular weight is 223 g/mol. The molecule has 88 valence electrons. The van der Waals surface area contributed by atoms with Gasteiger partial charge in [0, 0.05) is 38.6 Å². The van der Waals surface area contributed by atoms with E-state index < -0.39 is 5.97 Å². The summed E-state index contributed by atoms with van der Waals surface area (Å²) in [6.07, 6.45) is 4.09. The Kier molecular flexibility index (Phi) is 3.24. The summed E-state index contributed by atoms with van der Waals surface area (Å²) in [5, 5.41) is 8.62. The van der Waals surface area contributed by atoms with Crippen molar-refractivity contribution < 1.29 is 9.90 Å². The summed E-state index contributed by atoms with van der Waals surface area (Å²) in [6, 6.07) is 0. The standard InChI is InChI=1S/C11H17N3O2/c1-9-12-2-3-14(9)5-4-13-7-10(8-13)6-11(15)16/h2-3,10H,4-8H2,1H3,(H,15,16). The van der Waals surface area contributed by atoms with E-state index in [1.165, 1.54) is 0 Å². The summed E-state index contributed by atoms with van der Waals surface area (Å²) < 4.78 is 2.12. The molecule has 2 rings (SSSR count). The lowest BCUT2D eigenvalue weighted by atomic mass is 9.96. The van der Waals surface area contributed by atoms with Gasteiger partial charge in [-0.1, -0.05) is 0 Å². The molecule has 1 saturated heterocycles. The maximum absolute atomic E-state index is 10.5. The topological polar surface area (TPSA) is 58.4 Å². The summed E-state index contributed by atoms with van der Waals surface area (Å²) in [5.74, 6) is 0.694. The second-order valence-corrected chi connectivity index (χ2v) is 4.39. The lowest BCUT2D eigenvalue weighted by Gasteiger charge is -2.38. The Balaban J connectivity index is 1.67. The normalized spacial score (nSPS) is 17.3. The molecule has 0 atom stereocenters. The van der Waals surface area contributed by atoms with Gasteiger partial charge in [0.25, 0.3) is 0 Å². The third-order valence-electron chi connectivity index (χ3n) is 3.08. The van der Waals surface area contributed by atoms with Crippen LogP contribution in [0.5, 0.6) is 0 Å². The van der Waals surface area contributed by atoms with Crippen molar-refractivity contribution in [1.29, 1.82) is 0 Å². The molecule has 0 amide bonds.